The first-order valence-corrected chi connectivity index (χ1v) is 4.55. The van der Waals surface area contributed by atoms with Gasteiger partial charge in [0, 0.05) is 6.20 Å². The summed E-state index contributed by atoms with van der Waals surface area (Å²) in [5.41, 5.74) is 1.29. The molecule has 2 rings (SSSR count). The molecule has 0 atom stereocenters. The molecule has 1 aliphatic rings. The van der Waals surface area contributed by atoms with E-state index < -0.39 is 0 Å². The van der Waals surface area contributed by atoms with Crippen molar-refractivity contribution < 1.29 is 4.84 Å². The van der Waals surface area contributed by atoms with E-state index in [9.17, 15) is 0 Å². The van der Waals surface area contributed by atoms with Gasteiger partial charge in [0.1, 0.15) is 0 Å². The normalized spacial score (nSPS) is 15.6. The molecular weight excluding hydrogens is 162 g/mol. The van der Waals surface area contributed by atoms with E-state index in [1.807, 2.05) is 42.5 Å². The van der Waals surface area contributed by atoms with Crippen molar-refractivity contribution in [3.05, 3.63) is 42.1 Å². The van der Waals surface area contributed by atoms with Gasteiger partial charge in [-0.1, -0.05) is 24.3 Å². The van der Waals surface area contributed by atoms with Crippen LogP contribution in [0.4, 0.5) is 0 Å². The van der Waals surface area contributed by atoms with Gasteiger partial charge in [-0.05, 0) is 25.0 Å². The lowest BCUT2D eigenvalue weighted by atomic mass is 10.1. The quantitative estimate of drug-likeness (QED) is 0.649. The van der Waals surface area contributed by atoms with Crippen molar-refractivity contribution in [3.63, 3.8) is 0 Å². The van der Waals surface area contributed by atoms with Crippen molar-refractivity contribution in [2.24, 2.45) is 0 Å². The number of rotatable bonds is 1. The summed E-state index contributed by atoms with van der Waals surface area (Å²) < 4.78 is 0. The molecular formula is C11H13NO. The third-order valence-corrected chi connectivity index (χ3v) is 2.11. The van der Waals surface area contributed by atoms with Crippen LogP contribution in [0, 0.1) is 0 Å². The monoisotopic (exact) mass is 175 g/mol. The second-order valence-electron chi connectivity index (χ2n) is 3.07. The van der Waals surface area contributed by atoms with E-state index in [0.29, 0.717) is 0 Å². The van der Waals surface area contributed by atoms with Crippen LogP contribution >= 0.6 is 0 Å². The maximum Gasteiger partial charge on any atom is 0.158 e. The summed E-state index contributed by atoms with van der Waals surface area (Å²) in [6, 6.07) is 8.17. The molecule has 0 N–H and O–H groups in total. The lowest BCUT2D eigenvalue weighted by molar-refractivity contribution is -0.0188. The smallest absolute Gasteiger partial charge is 0.158 e. The summed E-state index contributed by atoms with van der Waals surface area (Å²) in [6.07, 6.45) is 4.99. The molecule has 1 aromatic rings. The van der Waals surface area contributed by atoms with E-state index in [-0.39, 0.29) is 0 Å². The van der Waals surface area contributed by atoms with E-state index >= 15 is 0 Å². The molecule has 2 nitrogen and oxygen atoms in total. The predicted octanol–water partition coefficient (Wildman–Crippen LogP) is 2.37. The fourth-order valence-electron chi connectivity index (χ4n) is 1.47. The number of allylic oxidation sites excluding steroid dienone is 1. The molecule has 0 aromatic heterocycles. The molecule has 2 heteroatoms. The van der Waals surface area contributed by atoms with E-state index in [1.165, 1.54) is 5.56 Å². The minimum absolute atomic E-state index is 0.932. The SMILES string of the molecule is CC=CN1CCc2ccccc2O1. The molecule has 0 unspecified atom stereocenters. The van der Waals surface area contributed by atoms with Gasteiger partial charge in [0.05, 0.1) is 6.54 Å². The lowest BCUT2D eigenvalue weighted by Crippen LogP contribution is -2.28. The molecule has 1 aromatic carbocycles. The minimum atomic E-state index is 0.932. The molecule has 68 valence electrons. The number of fused-ring (bicyclic) bond motifs is 1. The molecule has 0 amide bonds. The molecule has 1 heterocycles. The van der Waals surface area contributed by atoms with E-state index in [2.05, 4.69) is 6.07 Å². The van der Waals surface area contributed by atoms with Gasteiger partial charge < -0.3 is 4.84 Å². The van der Waals surface area contributed by atoms with Gasteiger partial charge in [0.15, 0.2) is 5.75 Å². The maximum absolute atomic E-state index is 5.62. The van der Waals surface area contributed by atoms with Crippen molar-refractivity contribution in [2.75, 3.05) is 6.54 Å². The highest BCUT2D eigenvalue weighted by atomic mass is 16.7. The first-order chi connectivity index (χ1) is 6.40. The first kappa shape index (κ1) is 8.17. The highest BCUT2D eigenvalue weighted by Gasteiger charge is 2.13. The summed E-state index contributed by atoms with van der Waals surface area (Å²) >= 11 is 0. The molecule has 0 bridgehead atoms. The Morgan fingerprint density at radius 2 is 2.23 bits per heavy atom. The van der Waals surface area contributed by atoms with E-state index in [4.69, 9.17) is 4.84 Å². The van der Waals surface area contributed by atoms with Gasteiger partial charge in [-0.3, -0.25) is 0 Å². The van der Waals surface area contributed by atoms with Crippen molar-refractivity contribution in [3.8, 4) is 5.75 Å². The Kier molecular flexibility index (Phi) is 2.21. The molecule has 0 fully saturated rings. The maximum atomic E-state index is 5.62. The average molecular weight is 175 g/mol. The highest BCUT2D eigenvalue weighted by molar-refractivity contribution is 5.34. The summed E-state index contributed by atoms with van der Waals surface area (Å²) in [6.45, 7) is 2.92. The van der Waals surface area contributed by atoms with Crippen LogP contribution in [0.2, 0.25) is 0 Å². The van der Waals surface area contributed by atoms with Crippen LogP contribution in [-0.4, -0.2) is 11.6 Å². The molecule has 0 radical (unpaired) electrons. The van der Waals surface area contributed by atoms with E-state index in [1.54, 1.807) is 0 Å². The van der Waals surface area contributed by atoms with Crippen LogP contribution in [0.1, 0.15) is 12.5 Å². The van der Waals surface area contributed by atoms with Gasteiger partial charge in [0.25, 0.3) is 0 Å². The molecule has 1 aliphatic heterocycles. The van der Waals surface area contributed by atoms with Crippen LogP contribution in [0.15, 0.2) is 36.5 Å². The molecule has 13 heavy (non-hydrogen) atoms. The fraction of sp³-hybridized carbons (Fsp3) is 0.273. The molecule has 0 saturated heterocycles. The summed E-state index contributed by atoms with van der Waals surface area (Å²) in [4.78, 5) is 5.62. The van der Waals surface area contributed by atoms with E-state index in [0.717, 1.165) is 18.7 Å². The Labute approximate surface area is 78.4 Å². The number of hydrogen-bond donors (Lipinski definition) is 0. The largest absolute Gasteiger partial charge is 0.380 e. The number of benzene rings is 1. The van der Waals surface area contributed by atoms with Gasteiger partial charge >= 0.3 is 0 Å². The predicted molar refractivity (Wildman–Crippen MR) is 52.3 cm³/mol. The Balaban J connectivity index is 2.19. The number of hydroxylamine groups is 2. The Hall–Kier alpha value is -1.44. The lowest BCUT2D eigenvalue weighted by Gasteiger charge is -2.26. The van der Waals surface area contributed by atoms with Crippen LogP contribution in [0.3, 0.4) is 0 Å². The second-order valence-corrected chi connectivity index (χ2v) is 3.07. The number of para-hydroxylation sites is 1. The Morgan fingerprint density at radius 1 is 1.38 bits per heavy atom. The standard InChI is InChI=1S/C11H13NO/c1-2-8-12-9-7-10-5-3-4-6-11(10)13-12/h2-6,8H,7,9H2,1H3. The third-order valence-electron chi connectivity index (χ3n) is 2.11. The Morgan fingerprint density at radius 3 is 3.08 bits per heavy atom. The molecule has 0 aliphatic carbocycles. The summed E-state index contributed by atoms with van der Waals surface area (Å²) in [5.74, 6) is 0.979. The minimum Gasteiger partial charge on any atom is -0.380 e. The van der Waals surface area contributed by atoms with Gasteiger partial charge in [-0.25, -0.2) is 5.06 Å². The van der Waals surface area contributed by atoms with Crippen LogP contribution in [0.5, 0.6) is 5.75 Å². The van der Waals surface area contributed by atoms with Crippen LogP contribution in [0.25, 0.3) is 0 Å². The first-order valence-electron chi connectivity index (χ1n) is 4.55. The van der Waals surface area contributed by atoms with Gasteiger partial charge in [-0.15, -0.1) is 0 Å². The van der Waals surface area contributed by atoms with Crippen molar-refractivity contribution in [1.29, 1.82) is 0 Å². The van der Waals surface area contributed by atoms with Gasteiger partial charge in [-0.2, -0.15) is 0 Å². The summed E-state index contributed by atoms with van der Waals surface area (Å²) in [5, 5.41) is 1.86. The fourth-order valence-corrected chi connectivity index (χ4v) is 1.47. The zero-order chi connectivity index (χ0) is 9.10. The van der Waals surface area contributed by atoms with Gasteiger partial charge in [0.2, 0.25) is 0 Å². The van der Waals surface area contributed by atoms with Crippen molar-refractivity contribution in [2.45, 2.75) is 13.3 Å². The number of hydrogen-bond acceptors (Lipinski definition) is 2. The van der Waals surface area contributed by atoms with Crippen molar-refractivity contribution >= 4 is 0 Å². The summed E-state index contributed by atoms with van der Waals surface area (Å²) in [7, 11) is 0. The van der Waals surface area contributed by atoms with Crippen LogP contribution in [-0.2, 0) is 6.42 Å². The average Bonchev–Trinajstić information content (AvgIpc) is 2.18. The van der Waals surface area contributed by atoms with Crippen LogP contribution < -0.4 is 4.84 Å². The highest BCUT2D eigenvalue weighted by Crippen LogP contribution is 2.23. The topological polar surface area (TPSA) is 12.5 Å². The zero-order valence-electron chi connectivity index (χ0n) is 7.73. The number of nitrogens with zero attached hydrogens (tertiary/aromatic N) is 1. The molecule has 0 spiro atoms. The molecule has 0 saturated carbocycles. The van der Waals surface area contributed by atoms with Crippen molar-refractivity contribution in [1.82, 2.24) is 5.06 Å². The third kappa shape index (κ3) is 1.66. The Bertz CT molecular complexity index is 320. The second kappa shape index (κ2) is 3.52. The zero-order valence-corrected chi connectivity index (χ0v) is 7.73.